The van der Waals surface area contributed by atoms with Gasteiger partial charge in [-0.25, -0.2) is 4.39 Å². The Bertz CT molecular complexity index is 520. The van der Waals surface area contributed by atoms with Crippen molar-refractivity contribution >= 4 is 11.6 Å². The Morgan fingerprint density at radius 1 is 1.53 bits per heavy atom. The molecule has 104 valence electrons. The maximum atomic E-state index is 13.6. The number of amides is 1. The molecule has 0 heterocycles. The number of primary amides is 1. The topological polar surface area (TPSA) is 127 Å². The third-order valence-corrected chi connectivity index (χ3v) is 2.61. The van der Waals surface area contributed by atoms with Gasteiger partial charge in [-0.15, -0.1) is 0 Å². The van der Waals surface area contributed by atoms with Gasteiger partial charge in [-0.1, -0.05) is 0 Å². The van der Waals surface area contributed by atoms with Crippen LogP contribution in [-0.2, 0) is 4.79 Å². The van der Waals surface area contributed by atoms with Gasteiger partial charge in [-0.05, 0) is 13.0 Å². The van der Waals surface area contributed by atoms with Crippen LogP contribution in [-0.4, -0.2) is 27.1 Å². The minimum Gasteiger partial charge on any atom is -0.390 e. The minimum absolute atomic E-state index is 0.0860. The van der Waals surface area contributed by atoms with Crippen LogP contribution in [0.4, 0.5) is 10.1 Å². The molecule has 4 N–H and O–H groups in total. The minimum atomic E-state index is -1.77. The summed E-state index contributed by atoms with van der Waals surface area (Å²) in [6.45, 7) is 1.34. The predicted octanol–water partition coefficient (Wildman–Crippen LogP) is 0.312. The van der Waals surface area contributed by atoms with Crippen molar-refractivity contribution in [1.29, 1.82) is 0 Å². The lowest BCUT2D eigenvalue weighted by Gasteiger charge is -2.17. The van der Waals surface area contributed by atoms with E-state index < -0.39 is 40.8 Å². The molecule has 1 amide bonds. The number of nitro benzene ring substituents is 1. The third kappa shape index (κ3) is 3.46. The summed E-state index contributed by atoms with van der Waals surface area (Å²) in [7, 11) is 0. The first-order valence-corrected chi connectivity index (χ1v) is 5.33. The first kappa shape index (κ1) is 15.0. The molecule has 0 aliphatic heterocycles. The van der Waals surface area contributed by atoms with E-state index in [0.717, 1.165) is 12.1 Å². The molecule has 8 heteroatoms. The molecule has 0 saturated heterocycles. The molecule has 0 fully saturated rings. The predicted molar refractivity (Wildman–Crippen MR) is 62.6 cm³/mol. The van der Waals surface area contributed by atoms with E-state index in [4.69, 9.17) is 5.73 Å². The van der Waals surface area contributed by atoms with Crippen LogP contribution >= 0.6 is 0 Å². The van der Waals surface area contributed by atoms with Crippen molar-refractivity contribution in [2.75, 3.05) is 0 Å². The maximum Gasteiger partial charge on any atom is 0.272 e. The standard InChI is InChI=1S/C11H13FN2O5/c1-5-2-7(12)6(3-8(5)14(18)19)11(17)9(15)4-10(13)16/h2-3,9,11,15,17H,4H2,1H3,(H2,13,16). The zero-order valence-electron chi connectivity index (χ0n) is 10.0. The Hall–Kier alpha value is -2.06. The highest BCUT2D eigenvalue weighted by Crippen LogP contribution is 2.28. The average Bonchev–Trinajstić information content (AvgIpc) is 2.26. The van der Waals surface area contributed by atoms with Crippen LogP contribution in [0.5, 0.6) is 0 Å². The molecule has 7 nitrogen and oxygen atoms in total. The average molecular weight is 272 g/mol. The number of aliphatic hydroxyl groups excluding tert-OH is 2. The molecule has 0 spiro atoms. The fraction of sp³-hybridized carbons (Fsp3) is 0.364. The van der Waals surface area contributed by atoms with Crippen LogP contribution in [0.3, 0.4) is 0 Å². The number of hydrogen-bond donors (Lipinski definition) is 3. The van der Waals surface area contributed by atoms with Crippen LogP contribution in [0.2, 0.25) is 0 Å². The summed E-state index contributed by atoms with van der Waals surface area (Å²) in [4.78, 5) is 20.6. The van der Waals surface area contributed by atoms with E-state index in [-0.39, 0.29) is 11.3 Å². The van der Waals surface area contributed by atoms with Crippen LogP contribution in [0.1, 0.15) is 23.7 Å². The fourth-order valence-electron chi connectivity index (χ4n) is 1.63. The molecule has 0 aliphatic carbocycles. The number of nitro groups is 1. The highest BCUT2D eigenvalue weighted by atomic mass is 19.1. The van der Waals surface area contributed by atoms with Crippen molar-refractivity contribution in [3.63, 3.8) is 0 Å². The first-order chi connectivity index (χ1) is 8.73. The zero-order chi connectivity index (χ0) is 14.7. The molecule has 0 saturated carbocycles. The molecular formula is C11H13FN2O5. The van der Waals surface area contributed by atoms with Crippen LogP contribution in [0, 0.1) is 22.9 Å². The summed E-state index contributed by atoms with van der Waals surface area (Å²) in [6.07, 6.45) is -3.98. The number of carbonyl (C=O) groups is 1. The molecule has 0 aromatic heterocycles. The van der Waals surface area contributed by atoms with Crippen LogP contribution < -0.4 is 5.73 Å². The van der Waals surface area contributed by atoms with Gasteiger partial charge in [-0.3, -0.25) is 14.9 Å². The number of halogens is 1. The Labute approximate surface area is 107 Å². The number of nitrogens with zero attached hydrogens (tertiary/aromatic N) is 1. The van der Waals surface area contributed by atoms with Gasteiger partial charge in [0.2, 0.25) is 5.91 Å². The smallest absolute Gasteiger partial charge is 0.272 e. The third-order valence-electron chi connectivity index (χ3n) is 2.61. The van der Waals surface area contributed by atoms with E-state index in [0.29, 0.717) is 0 Å². The van der Waals surface area contributed by atoms with Gasteiger partial charge >= 0.3 is 0 Å². The van der Waals surface area contributed by atoms with E-state index in [1.54, 1.807) is 0 Å². The lowest BCUT2D eigenvalue weighted by atomic mass is 9.99. The van der Waals surface area contributed by atoms with E-state index in [1.165, 1.54) is 6.92 Å². The molecule has 1 aromatic rings. The summed E-state index contributed by atoms with van der Waals surface area (Å²) >= 11 is 0. The molecule has 2 atom stereocenters. The number of aliphatic hydroxyl groups is 2. The Balaban J connectivity index is 3.15. The summed E-state index contributed by atoms with van der Waals surface area (Å²) in [5.41, 5.74) is 4.08. The number of hydrogen-bond acceptors (Lipinski definition) is 5. The van der Waals surface area contributed by atoms with Crippen molar-refractivity contribution in [2.45, 2.75) is 25.6 Å². The van der Waals surface area contributed by atoms with Crippen molar-refractivity contribution in [1.82, 2.24) is 0 Å². The highest BCUT2D eigenvalue weighted by Gasteiger charge is 2.26. The fourth-order valence-corrected chi connectivity index (χ4v) is 1.63. The Kier molecular flexibility index (Phi) is 4.52. The Morgan fingerprint density at radius 2 is 2.11 bits per heavy atom. The second kappa shape index (κ2) is 5.72. The van der Waals surface area contributed by atoms with Crippen LogP contribution in [0.25, 0.3) is 0 Å². The van der Waals surface area contributed by atoms with Gasteiger partial charge in [0, 0.05) is 17.2 Å². The monoisotopic (exact) mass is 272 g/mol. The quantitative estimate of drug-likeness (QED) is 0.525. The SMILES string of the molecule is Cc1cc(F)c(C(O)C(O)CC(N)=O)cc1[N+](=O)[O-]. The number of carbonyl (C=O) groups excluding carboxylic acids is 1. The van der Waals surface area contributed by atoms with Crippen LogP contribution in [0.15, 0.2) is 12.1 Å². The highest BCUT2D eigenvalue weighted by molar-refractivity contribution is 5.74. The van der Waals surface area contributed by atoms with Crippen molar-refractivity contribution < 1.29 is 24.3 Å². The van der Waals surface area contributed by atoms with E-state index in [2.05, 4.69) is 0 Å². The Morgan fingerprint density at radius 3 is 2.58 bits per heavy atom. The first-order valence-electron chi connectivity index (χ1n) is 5.33. The lowest BCUT2D eigenvalue weighted by Crippen LogP contribution is -2.26. The molecule has 19 heavy (non-hydrogen) atoms. The molecule has 1 rings (SSSR count). The molecule has 0 aliphatic rings. The van der Waals surface area contributed by atoms with Crippen molar-refractivity contribution in [3.05, 3.63) is 39.2 Å². The second-order valence-electron chi connectivity index (χ2n) is 4.10. The number of benzene rings is 1. The number of aryl methyl sites for hydroxylation is 1. The van der Waals surface area contributed by atoms with Gasteiger partial charge in [-0.2, -0.15) is 0 Å². The van der Waals surface area contributed by atoms with Gasteiger partial charge in [0.05, 0.1) is 17.4 Å². The molecule has 0 bridgehead atoms. The zero-order valence-corrected chi connectivity index (χ0v) is 10.0. The summed E-state index contributed by atoms with van der Waals surface area (Å²) in [5.74, 6) is -1.78. The number of nitrogens with two attached hydrogens (primary N) is 1. The summed E-state index contributed by atoms with van der Waals surface area (Å²) in [6, 6.07) is 1.72. The van der Waals surface area contributed by atoms with Crippen molar-refractivity contribution in [2.24, 2.45) is 5.73 Å². The maximum absolute atomic E-state index is 13.6. The van der Waals surface area contributed by atoms with E-state index in [1.807, 2.05) is 0 Å². The normalized spacial score (nSPS) is 13.9. The molecule has 2 unspecified atom stereocenters. The lowest BCUT2D eigenvalue weighted by molar-refractivity contribution is -0.385. The summed E-state index contributed by atoms with van der Waals surface area (Å²) in [5, 5.41) is 29.9. The molecule has 1 aromatic carbocycles. The number of rotatable bonds is 5. The van der Waals surface area contributed by atoms with Gasteiger partial charge in [0.25, 0.3) is 5.69 Å². The van der Waals surface area contributed by atoms with Gasteiger partial charge in [0.1, 0.15) is 11.9 Å². The molecule has 0 radical (unpaired) electrons. The second-order valence-corrected chi connectivity index (χ2v) is 4.10. The molecular weight excluding hydrogens is 259 g/mol. The van der Waals surface area contributed by atoms with Crippen molar-refractivity contribution in [3.8, 4) is 0 Å². The van der Waals surface area contributed by atoms with E-state index in [9.17, 15) is 29.5 Å². The summed E-state index contributed by atoms with van der Waals surface area (Å²) < 4.78 is 13.6. The largest absolute Gasteiger partial charge is 0.390 e. The van der Waals surface area contributed by atoms with Gasteiger partial charge in [0.15, 0.2) is 0 Å². The van der Waals surface area contributed by atoms with E-state index >= 15 is 0 Å². The van der Waals surface area contributed by atoms with Gasteiger partial charge < -0.3 is 15.9 Å².